The quantitative estimate of drug-likeness (QED) is 0.751. The molecule has 0 unspecified atom stereocenters. The topological polar surface area (TPSA) is 29.5 Å². The van der Waals surface area contributed by atoms with Crippen LogP contribution in [0.5, 0.6) is 0 Å². The molecule has 17 heavy (non-hydrogen) atoms. The summed E-state index contributed by atoms with van der Waals surface area (Å²) in [6.07, 6.45) is 0.431. The molecule has 3 nitrogen and oxygen atoms in total. The van der Waals surface area contributed by atoms with Gasteiger partial charge in [-0.25, -0.2) is 5.06 Å². The third-order valence-corrected chi connectivity index (χ3v) is 3.05. The Morgan fingerprint density at radius 2 is 1.82 bits per heavy atom. The number of hydrogen-bond acceptors (Lipinski definition) is 2. The fraction of sp³-hybridized carbons (Fsp3) is 0.500. The number of carbonyl (C=O) groups excluding carboxylic acids is 1. The van der Waals surface area contributed by atoms with Crippen molar-refractivity contribution in [1.82, 2.24) is 5.06 Å². The van der Waals surface area contributed by atoms with E-state index in [2.05, 4.69) is 45.0 Å². The lowest BCUT2D eigenvalue weighted by molar-refractivity contribution is -0.169. The number of hydroxylamine groups is 2. The molecular formula is C14H21NO2. The van der Waals surface area contributed by atoms with Crippen molar-refractivity contribution in [2.75, 3.05) is 14.2 Å². The highest BCUT2D eigenvalue weighted by Gasteiger charge is 2.25. The van der Waals surface area contributed by atoms with Crippen LogP contribution in [-0.4, -0.2) is 25.1 Å². The molecule has 0 bridgehead atoms. The van der Waals surface area contributed by atoms with Crippen molar-refractivity contribution in [3.05, 3.63) is 35.4 Å². The monoisotopic (exact) mass is 235 g/mol. The lowest BCUT2D eigenvalue weighted by Crippen LogP contribution is -2.32. The second-order valence-electron chi connectivity index (χ2n) is 5.00. The smallest absolute Gasteiger partial charge is 0.246 e. The van der Waals surface area contributed by atoms with Crippen LogP contribution in [-0.2, 0) is 15.0 Å². The largest absolute Gasteiger partial charge is 0.275 e. The Balaban J connectivity index is 2.81. The first-order valence-corrected chi connectivity index (χ1v) is 5.74. The van der Waals surface area contributed by atoms with Gasteiger partial charge < -0.3 is 0 Å². The van der Waals surface area contributed by atoms with E-state index in [-0.39, 0.29) is 11.3 Å². The Morgan fingerprint density at radius 3 is 2.29 bits per heavy atom. The molecule has 0 aromatic heterocycles. The highest BCUT2D eigenvalue weighted by atomic mass is 16.7. The molecule has 0 fully saturated rings. The van der Waals surface area contributed by atoms with E-state index in [4.69, 9.17) is 4.84 Å². The number of rotatable bonds is 4. The van der Waals surface area contributed by atoms with E-state index in [0.29, 0.717) is 6.42 Å². The van der Waals surface area contributed by atoms with Crippen molar-refractivity contribution in [3.8, 4) is 0 Å². The van der Waals surface area contributed by atoms with Gasteiger partial charge in [0.1, 0.15) is 0 Å². The second-order valence-corrected chi connectivity index (χ2v) is 5.00. The number of aryl methyl sites for hydroxylation is 1. The molecule has 3 heteroatoms. The number of hydrogen-bond donors (Lipinski definition) is 0. The number of nitrogens with zero attached hydrogens (tertiary/aromatic N) is 1. The first kappa shape index (κ1) is 13.7. The van der Waals surface area contributed by atoms with Crippen LogP contribution in [0.2, 0.25) is 0 Å². The molecule has 0 atom stereocenters. The molecule has 0 spiro atoms. The summed E-state index contributed by atoms with van der Waals surface area (Å²) < 4.78 is 0. The molecule has 0 N–H and O–H groups in total. The van der Waals surface area contributed by atoms with Gasteiger partial charge in [-0.2, -0.15) is 0 Å². The van der Waals surface area contributed by atoms with Crippen molar-refractivity contribution in [2.24, 2.45) is 0 Å². The summed E-state index contributed by atoms with van der Waals surface area (Å²) in [4.78, 5) is 16.7. The van der Waals surface area contributed by atoms with Crippen molar-refractivity contribution >= 4 is 5.91 Å². The van der Waals surface area contributed by atoms with Crippen molar-refractivity contribution in [3.63, 3.8) is 0 Å². The van der Waals surface area contributed by atoms with Gasteiger partial charge in [-0.05, 0) is 17.9 Å². The van der Waals surface area contributed by atoms with Gasteiger partial charge in [0, 0.05) is 13.5 Å². The highest BCUT2D eigenvalue weighted by Crippen LogP contribution is 2.27. The number of amides is 1. The van der Waals surface area contributed by atoms with E-state index in [1.807, 2.05) is 0 Å². The zero-order valence-electron chi connectivity index (χ0n) is 11.3. The van der Waals surface area contributed by atoms with Gasteiger partial charge in [0.25, 0.3) is 0 Å². The maximum absolute atomic E-state index is 11.8. The summed E-state index contributed by atoms with van der Waals surface area (Å²) in [5.41, 5.74) is 2.21. The molecule has 0 saturated carbocycles. The van der Waals surface area contributed by atoms with Gasteiger partial charge in [-0.15, -0.1) is 0 Å². The summed E-state index contributed by atoms with van der Waals surface area (Å²) in [7, 11) is 3.13. The van der Waals surface area contributed by atoms with Crippen LogP contribution in [0, 0.1) is 6.92 Å². The zero-order valence-corrected chi connectivity index (χ0v) is 11.3. The molecule has 0 saturated heterocycles. The van der Waals surface area contributed by atoms with Gasteiger partial charge in [0.05, 0.1) is 7.11 Å². The van der Waals surface area contributed by atoms with Gasteiger partial charge in [0.15, 0.2) is 0 Å². The molecular weight excluding hydrogens is 214 g/mol. The molecule has 0 aliphatic rings. The van der Waals surface area contributed by atoms with Crippen LogP contribution in [0.1, 0.15) is 31.4 Å². The van der Waals surface area contributed by atoms with Gasteiger partial charge in [-0.3, -0.25) is 9.63 Å². The van der Waals surface area contributed by atoms with Crippen LogP contribution in [0.3, 0.4) is 0 Å². The number of benzene rings is 1. The van der Waals surface area contributed by atoms with Gasteiger partial charge in [0.2, 0.25) is 5.91 Å². The molecule has 94 valence electrons. The predicted molar refractivity (Wildman–Crippen MR) is 68.6 cm³/mol. The maximum Gasteiger partial charge on any atom is 0.246 e. The Labute approximate surface area is 103 Å². The summed E-state index contributed by atoms with van der Waals surface area (Å²) in [6, 6.07) is 8.30. The summed E-state index contributed by atoms with van der Waals surface area (Å²) in [5, 5.41) is 1.27. The lowest BCUT2D eigenvalue weighted by atomic mass is 9.81. The van der Waals surface area contributed by atoms with Crippen LogP contribution >= 0.6 is 0 Å². The normalized spacial score (nSPS) is 11.4. The van der Waals surface area contributed by atoms with Crippen LogP contribution in [0.15, 0.2) is 24.3 Å². The number of carbonyl (C=O) groups is 1. The minimum Gasteiger partial charge on any atom is -0.275 e. The molecule has 0 aliphatic heterocycles. The maximum atomic E-state index is 11.8. The van der Waals surface area contributed by atoms with Crippen molar-refractivity contribution < 1.29 is 9.63 Å². The average molecular weight is 235 g/mol. The summed E-state index contributed by atoms with van der Waals surface area (Å²) >= 11 is 0. The molecule has 1 rings (SSSR count). The third-order valence-electron chi connectivity index (χ3n) is 3.05. The van der Waals surface area contributed by atoms with E-state index >= 15 is 0 Å². The highest BCUT2D eigenvalue weighted by molar-refractivity contribution is 5.76. The molecule has 1 aromatic rings. The molecule has 1 aromatic carbocycles. The molecule has 0 heterocycles. The van der Waals surface area contributed by atoms with E-state index in [1.165, 1.54) is 23.3 Å². The van der Waals surface area contributed by atoms with Crippen molar-refractivity contribution in [2.45, 2.75) is 32.6 Å². The van der Waals surface area contributed by atoms with E-state index in [9.17, 15) is 4.79 Å². The molecule has 0 aliphatic carbocycles. The first-order chi connectivity index (χ1) is 7.86. The molecule has 0 radical (unpaired) electrons. The molecule has 1 amide bonds. The van der Waals surface area contributed by atoms with Gasteiger partial charge in [-0.1, -0.05) is 43.7 Å². The summed E-state index contributed by atoms with van der Waals surface area (Å²) in [5.74, 6) is -0.0157. The predicted octanol–water partition coefficient (Wildman–Crippen LogP) is 2.68. The summed E-state index contributed by atoms with van der Waals surface area (Å²) in [6.45, 7) is 6.19. The van der Waals surface area contributed by atoms with Crippen LogP contribution < -0.4 is 0 Å². The fourth-order valence-electron chi connectivity index (χ4n) is 1.70. The van der Waals surface area contributed by atoms with Crippen molar-refractivity contribution in [1.29, 1.82) is 0 Å². The van der Waals surface area contributed by atoms with Crippen LogP contribution in [0.25, 0.3) is 0 Å². The Bertz CT molecular complexity index is 382. The third kappa shape index (κ3) is 3.56. The standard InChI is InChI=1S/C14H21NO2/c1-11-6-8-12(9-7-11)14(2,3)10-13(16)15(4)17-5/h6-9H,10H2,1-5H3. The zero-order chi connectivity index (χ0) is 13.1. The van der Waals surface area contributed by atoms with E-state index in [0.717, 1.165) is 0 Å². The average Bonchev–Trinajstić information content (AvgIpc) is 2.27. The van der Waals surface area contributed by atoms with Gasteiger partial charge >= 0.3 is 0 Å². The Kier molecular flexibility index (Phi) is 4.29. The second kappa shape index (κ2) is 5.32. The van der Waals surface area contributed by atoms with E-state index in [1.54, 1.807) is 7.05 Å². The minimum atomic E-state index is -0.183. The fourth-order valence-corrected chi connectivity index (χ4v) is 1.70. The minimum absolute atomic E-state index is 0.0157. The lowest BCUT2D eigenvalue weighted by Gasteiger charge is -2.26. The first-order valence-electron chi connectivity index (χ1n) is 5.74. The van der Waals surface area contributed by atoms with Crippen LogP contribution in [0.4, 0.5) is 0 Å². The SMILES string of the molecule is CON(C)C(=O)CC(C)(C)c1ccc(C)cc1. The Hall–Kier alpha value is -1.35. The van der Waals surface area contributed by atoms with E-state index < -0.39 is 0 Å². The Morgan fingerprint density at radius 1 is 1.29 bits per heavy atom.